The van der Waals surface area contributed by atoms with Crippen molar-refractivity contribution in [1.29, 1.82) is 0 Å². The average Bonchev–Trinajstić information content (AvgIpc) is 3.16. The van der Waals surface area contributed by atoms with Crippen LogP contribution in [-0.4, -0.2) is 11.8 Å². The highest BCUT2D eigenvalue weighted by atomic mass is 79.9. The van der Waals surface area contributed by atoms with Crippen LogP contribution in [-0.2, 0) is 10.2 Å². The Morgan fingerprint density at radius 3 is 2.62 bits per heavy atom. The minimum absolute atomic E-state index is 0.101. The van der Waals surface area contributed by atoms with E-state index in [-0.39, 0.29) is 11.8 Å². The molecule has 0 aromatic heterocycles. The fourth-order valence-electron chi connectivity index (χ4n) is 3.81. The van der Waals surface area contributed by atoms with E-state index in [2.05, 4.69) is 26.6 Å². The van der Waals surface area contributed by atoms with Crippen molar-refractivity contribution < 1.29 is 9.59 Å². The van der Waals surface area contributed by atoms with Crippen LogP contribution in [0.4, 0.5) is 11.4 Å². The summed E-state index contributed by atoms with van der Waals surface area (Å²) in [5.41, 5.74) is 2.81. The number of amides is 2. The molecule has 2 amide bonds. The summed E-state index contributed by atoms with van der Waals surface area (Å²) in [7, 11) is 0. The maximum Gasteiger partial charge on any atom is 0.256 e. The van der Waals surface area contributed by atoms with Crippen molar-refractivity contribution in [3.05, 3.63) is 58.1 Å². The van der Waals surface area contributed by atoms with E-state index >= 15 is 0 Å². The van der Waals surface area contributed by atoms with Gasteiger partial charge in [-0.3, -0.25) is 9.59 Å². The Morgan fingerprint density at radius 2 is 1.88 bits per heavy atom. The second-order valence-electron chi connectivity index (χ2n) is 6.44. The highest BCUT2D eigenvalue weighted by Gasteiger charge is 2.48. The molecule has 0 atom stereocenters. The van der Waals surface area contributed by atoms with Gasteiger partial charge in [0.15, 0.2) is 0 Å². The first kappa shape index (κ1) is 15.4. The topological polar surface area (TPSA) is 58.2 Å². The lowest BCUT2D eigenvalue weighted by molar-refractivity contribution is -0.120. The summed E-state index contributed by atoms with van der Waals surface area (Å²) in [5, 5.41) is 5.93. The number of carbonyl (C=O) groups is 2. The van der Waals surface area contributed by atoms with Crippen molar-refractivity contribution >= 4 is 39.1 Å². The zero-order valence-electron chi connectivity index (χ0n) is 13.1. The maximum absolute atomic E-state index is 12.5. The molecule has 0 saturated heterocycles. The van der Waals surface area contributed by atoms with Gasteiger partial charge in [-0.05, 0) is 64.7 Å². The van der Waals surface area contributed by atoms with E-state index in [9.17, 15) is 9.59 Å². The van der Waals surface area contributed by atoms with Crippen LogP contribution in [0.1, 0.15) is 41.6 Å². The highest BCUT2D eigenvalue weighted by molar-refractivity contribution is 9.10. The Morgan fingerprint density at radius 1 is 1.12 bits per heavy atom. The molecule has 4 rings (SSSR count). The van der Waals surface area contributed by atoms with Gasteiger partial charge in [0, 0.05) is 15.8 Å². The standard InChI is InChI=1S/C19H17BrN2O2/c20-15-6-2-1-5-13(15)17(23)21-12-7-8-16-14(11-12)19(18(24)22-16)9-3-4-10-19/h1-2,5-8,11H,3-4,9-10H2,(H,21,23)(H,22,24). The van der Waals surface area contributed by atoms with E-state index in [4.69, 9.17) is 0 Å². The third-order valence-electron chi connectivity index (χ3n) is 5.05. The third-order valence-corrected chi connectivity index (χ3v) is 5.74. The zero-order valence-corrected chi connectivity index (χ0v) is 14.7. The molecule has 2 aliphatic rings. The summed E-state index contributed by atoms with van der Waals surface area (Å²) in [4.78, 5) is 24.9. The molecule has 24 heavy (non-hydrogen) atoms. The summed E-state index contributed by atoms with van der Waals surface area (Å²) in [6, 6.07) is 13.0. The first-order chi connectivity index (χ1) is 11.6. The van der Waals surface area contributed by atoms with Gasteiger partial charge < -0.3 is 10.6 Å². The van der Waals surface area contributed by atoms with Crippen LogP contribution in [0.3, 0.4) is 0 Å². The predicted octanol–water partition coefficient (Wildman–Crippen LogP) is 4.47. The van der Waals surface area contributed by atoms with Gasteiger partial charge in [0.05, 0.1) is 11.0 Å². The smallest absolute Gasteiger partial charge is 0.256 e. The first-order valence-electron chi connectivity index (χ1n) is 8.12. The Bertz CT molecular complexity index is 841. The van der Waals surface area contributed by atoms with Crippen molar-refractivity contribution in [2.24, 2.45) is 0 Å². The van der Waals surface area contributed by atoms with E-state index in [1.54, 1.807) is 6.07 Å². The molecule has 0 unspecified atom stereocenters. The molecule has 1 aliphatic carbocycles. The first-order valence-corrected chi connectivity index (χ1v) is 8.91. The van der Waals surface area contributed by atoms with Gasteiger partial charge in [-0.1, -0.05) is 25.0 Å². The summed E-state index contributed by atoms with van der Waals surface area (Å²) >= 11 is 3.40. The van der Waals surface area contributed by atoms with E-state index < -0.39 is 5.41 Å². The molecule has 1 saturated carbocycles. The number of carbonyl (C=O) groups excluding carboxylic acids is 2. The SMILES string of the molecule is O=C(Nc1ccc2c(c1)C1(CCCC1)C(=O)N2)c1ccccc1Br. The van der Waals surface area contributed by atoms with Gasteiger partial charge in [-0.2, -0.15) is 0 Å². The van der Waals surface area contributed by atoms with E-state index in [0.29, 0.717) is 5.56 Å². The van der Waals surface area contributed by atoms with Crippen molar-refractivity contribution in [2.75, 3.05) is 10.6 Å². The summed E-state index contributed by atoms with van der Waals surface area (Å²) in [6.45, 7) is 0. The molecule has 1 aliphatic heterocycles. The van der Waals surface area contributed by atoms with Gasteiger partial charge >= 0.3 is 0 Å². The van der Waals surface area contributed by atoms with Crippen molar-refractivity contribution in [3.8, 4) is 0 Å². The quantitative estimate of drug-likeness (QED) is 0.802. The zero-order chi connectivity index (χ0) is 16.7. The second-order valence-corrected chi connectivity index (χ2v) is 7.29. The van der Waals surface area contributed by atoms with Crippen molar-refractivity contribution in [3.63, 3.8) is 0 Å². The Hall–Kier alpha value is -2.14. The minimum Gasteiger partial charge on any atom is -0.325 e. The number of rotatable bonds is 2. The number of nitrogens with one attached hydrogen (secondary N) is 2. The lowest BCUT2D eigenvalue weighted by atomic mass is 9.80. The average molecular weight is 385 g/mol. The summed E-state index contributed by atoms with van der Waals surface area (Å²) < 4.78 is 0.757. The van der Waals surface area contributed by atoms with Crippen molar-refractivity contribution in [2.45, 2.75) is 31.1 Å². The Kier molecular flexibility index (Phi) is 3.68. The largest absolute Gasteiger partial charge is 0.325 e. The molecule has 1 spiro atoms. The van der Waals surface area contributed by atoms with Gasteiger partial charge in [0.1, 0.15) is 0 Å². The molecule has 2 aromatic carbocycles. The number of hydrogen-bond acceptors (Lipinski definition) is 2. The minimum atomic E-state index is -0.399. The number of anilines is 2. The second kappa shape index (κ2) is 5.74. The molecular formula is C19H17BrN2O2. The van der Waals surface area contributed by atoms with Gasteiger partial charge in [-0.15, -0.1) is 0 Å². The molecule has 1 heterocycles. The molecular weight excluding hydrogens is 368 g/mol. The van der Waals surface area contributed by atoms with Gasteiger partial charge in [0.2, 0.25) is 5.91 Å². The lowest BCUT2D eigenvalue weighted by Gasteiger charge is -2.21. The third kappa shape index (κ3) is 2.35. The lowest BCUT2D eigenvalue weighted by Crippen LogP contribution is -2.31. The normalized spacial score (nSPS) is 17.6. The maximum atomic E-state index is 12.5. The van der Waals surface area contributed by atoms with Crippen LogP contribution >= 0.6 is 15.9 Å². The van der Waals surface area contributed by atoms with Gasteiger partial charge in [0.25, 0.3) is 5.91 Å². The number of benzene rings is 2. The van der Waals surface area contributed by atoms with Crippen molar-refractivity contribution in [1.82, 2.24) is 0 Å². The fourth-order valence-corrected chi connectivity index (χ4v) is 4.27. The number of hydrogen-bond donors (Lipinski definition) is 2. The van der Waals surface area contributed by atoms with Crippen LogP contribution in [0.15, 0.2) is 46.9 Å². The van der Waals surface area contributed by atoms with E-state index in [0.717, 1.165) is 47.1 Å². The fraction of sp³-hybridized carbons (Fsp3) is 0.263. The summed E-state index contributed by atoms with van der Waals surface area (Å²) in [6.07, 6.45) is 3.90. The van der Waals surface area contributed by atoms with Gasteiger partial charge in [-0.25, -0.2) is 0 Å². The number of fused-ring (bicyclic) bond motifs is 2. The molecule has 2 N–H and O–H groups in total. The molecule has 1 fully saturated rings. The monoisotopic (exact) mass is 384 g/mol. The molecule has 4 nitrogen and oxygen atoms in total. The molecule has 0 radical (unpaired) electrons. The highest BCUT2D eigenvalue weighted by Crippen LogP contribution is 2.49. The summed E-state index contributed by atoms with van der Waals surface area (Å²) in [5.74, 6) is -0.0653. The van der Waals surface area contributed by atoms with Crippen LogP contribution in [0.2, 0.25) is 0 Å². The number of halogens is 1. The van der Waals surface area contributed by atoms with E-state index in [1.807, 2.05) is 36.4 Å². The van der Waals surface area contributed by atoms with Crippen LogP contribution in [0, 0.1) is 0 Å². The predicted molar refractivity (Wildman–Crippen MR) is 97.3 cm³/mol. The van der Waals surface area contributed by atoms with Crippen LogP contribution < -0.4 is 10.6 Å². The van der Waals surface area contributed by atoms with Crippen LogP contribution in [0.25, 0.3) is 0 Å². The molecule has 2 aromatic rings. The Balaban J connectivity index is 1.65. The van der Waals surface area contributed by atoms with E-state index in [1.165, 1.54) is 0 Å². The molecule has 122 valence electrons. The molecule has 0 bridgehead atoms. The van der Waals surface area contributed by atoms with Crippen LogP contribution in [0.5, 0.6) is 0 Å². The molecule has 5 heteroatoms. The Labute approximate surface area is 148 Å².